The number of aromatic nitrogens is 1. The number of nitrogens with one attached hydrogen (secondary N) is 1. The minimum absolute atomic E-state index is 0.0383. The highest BCUT2D eigenvalue weighted by molar-refractivity contribution is 6.34. The Morgan fingerprint density at radius 2 is 1.86 bits per heavy atom. The van der Waals surface area contributed by atoms with Crippen LogP contribution in [-0.2, 0) is 4.79 Å². The van der Waals surface area contributed by atoms with Crippen molar-refractivity contribution in [2.75, 3.05) is 5.32 Å². The fourth-order valence-corrected chi connectivity index (χ4v) is 3.47. The lowest BCUT2D eigenvalue weighted by molar-refractivity contribution is -0.112. The molecule has 0 bridgehead atoms. The summed E-state index contributed by atoms with van der Waals surface area (Å²) in [5.41, 5.74) is 4.52. The Labute approximate surface area is 173 Å². The van der Waals surface area contributed by atoms with Gasteiger partial charge in [-0.3, -0.25) is 4.79 Å². The van der Waals surface area contributed by atoms with Crippen molar-refractivity contribution in [2.24, 2.45) is 0 Å². The summed E-state index contributed by atoms with van der Waals surface area (Å²) >= 11 is 6.16. The van der Waals surface area contributed by atoms with E-state index in [1.807, 2.05) is 43.5 Å². The highest BCUT2D eigenvalue weighted by atomic mass is 35.5. The number of amides is 1. The fourth-order valence-electron chi connectivity index (χ4n) is 3.20. The van der Waals surface area contributed by atoms with E-state index in [0.717, 1.165) is 28.2 Å². The quantitative estimate of drug-likeness (QED) is 0.442. The van der Waals surface area contributed by atoms with E-state index in [2.05, 4.69) is 5.32 Å². The zero-order valence-corrected chi connectivity index (χ0v) is 17.0. The van der Waals surface area contributed by atoms with Crippen LogP contribution in [-0.4, -0.2) is 10.5 Å². The third kappa shape index (κ3) is 4.23. The standard InChI is InChI=1S/C23H19ClFN3O/c1-14-5-4-6-21(24)22(14)27-23(29)18(13-26)12-17-11-15(2)28(16(17)3)20-9-7-19(25)8-10-20/h4-12H,1-3H3,(H,27,29)/b18-12+. The summed E-state index contributed by atoms with van der Waals surface area (Å²) < 4.78 is 15.2. The van der Waals surface area contributed by atoms with Gasteiger partial charge in [-0.1, -0.05) is 23.7 Å². The Morgan fingerprint density at radius 3 is 2.48 bits per heavy atom. The van der Waals surface area contributed by atoms with Gasteiger partial charge in [0.25, 0.3) is 5.91 Å². The van der Waals surface area contributed by atoms with Gasteiger partial charge in [-0.05, 0) is 74.4 Å². The number of nitrogens with zero attached hydrogens (tertiary/aromatic N) is 2. The fraction of sp³-hybridized carbons (Fsp3) is 0.130. The predicted octanol–water partition coefficient (Wildman–Crippen LogP) is 5.74. The van der Waals surface area contributed by atoms with Gasteiger partial charge in [0.1, 0.15) is 17.5 Å². The first-order valence-corrected chi connectivity index (χ1v) is 9.32. The molecule has 6 heteroatoms. The third-order valence-electron chi connectivity index (χ3n) is 4.68. The Bertz CT molecular complexity index is 1130. The van der Waals surface area contributed by atoms with Crippen molar-refractivity contribution >= 4 is 29.3 Å². The van der Waals surface area contributed by atoms with Crippen LogP contribution in [0.3, 0.4) is 0 Å². The molecule has 2 aromatic carbocycles. The first kappa shape index (κ1) is 20.4. The molecule has 3 rings (SSSR count). The monoisotopic (exact) mass is 407 g/mol. The number of hydrogen-bond donors (Lipinski definition) is 1. The van der Waals surface area contributed by atoms with Gasteiger partial charge in [-0.15, -0.1) is 0 Å². The van der Waals surface area contributed by atoms with E-state index in [9.17, 15) is 14.4 Å². The first-order valence-electron chi connectivity index (χ1n) is 8.95. The summed E-state index contributed by atoms with van der Waals surface area (Å²) in [5, 5.41) is 12.7. The molecular formula is C23H19ClFN3O. The maximum absolute atomic E-state index is 13.2. The topological polar surface area (TPSA) is 57.8 Å². The zero-order valence-electron chi connectivity index (χ0n) is 16.3. The number of aryl methyl sites for hydroxylation is 2. The van der Waals surface area contributed by atoms with E-state index in [1.54, 1.807) is 30.3 Å². The molecule has 0 aliphatic rings. The molecule has 0 fully saturated rings. The van der Waals surface area contributed by atoms with Gasteiger partial charge in [0.05, 0.1) is 10.7 Å². The number of benzene rings is 2. The van der Waals surface area contributed by atoms with Crippen LogP contribution in [0, 0.1) is 37.9 Å². The molecule has 1 aromatic heterocycles. The number of nitriles is 1. The highest BCUT2D eigenvalue weighted by Crippen LogP contribution is 2.27. The molecule has 1 heterocycles. The second-order valence-electron chi connectivity index (χ2n) is 6.69. The van der Waals surface area contributed by atoms with Gasteiger partial charge in [-0.25, -0.2) is 4.39 Å². The molecule has 3 aromatic rings. The van der Waals surface area contributed by atoms with Gasteiger partial charge in [0.15, 0.2) is 0 Å². The van der Waals surface area contributed by atoms with Crippen molar-refractivity contribution in [1.29, 1.82) is 5.26 Å². The second kappa shape index (κ2) is 8.34. The summed E-state index contributed by atoms with van der Waals surface area (Å²) in [7, 11) is 0. The zero-order chi connectivity index (χ0) is 21.1. The second-order valence-corrected chi connectivity index (χ2v) is 7.10. The largest absolute Gasteiger partial charge is 0.320 e. The summed E-state index contributed by atoms with van der Waals surface area (Å²) in [6, 6.07) is 15.3. The predicted molar refractivity (Wildman–Crippen MR) is 114 cm³/mol. The molecule has 0 saturated carbocycles. The molecule has 0 atom stereocenters. The summed E-state index contributed by atoms with van der Waals surface area (Å²) in [4.78, 5) is 12.7. The summed E-state index contributed by atoms with van der Waals surface area (Å²) in [5.74, 6) is -0.843. The van der Waals surface area contributed by atoms with E-state index < -0.39 is 5.91 Å². The number of halogens is 2. The van der Waals surface area contributed by atoms with Crippen molar-refractivity contribution in [3.63, 3.8) is 0 Å². The summed E-state index contributed by atoms with van der Waals surface area (Å²) in [6.45, 7) is 5.62. The van der Waals surface area contributed by atoms with Crippen LogP contribution in [0.4, 0.5) is 10.1 Å². The average Bonchev–Trinajstić information content (AvgIpc) is 2.96. The molecule has 1 N–H and O–H groups in total. The molecule has 0 radical (unpaired) electrons. The molecule has 0 aliphatic heterocycles. The molecule has 29 heavy (non-hydrogen) atoms. The lowest BCUT2D eigenvalue weighted by Gasteiger charge is -2.10. The van der Waals surface area contributed by atoms with Gasteiger partial charge < -0.3 is 9.88 Å². The van der Waals surface area contributed by atoms with Crippen LogP contribution in [0.2, 0.25) is 5.02 Å². The Hall–Kier alpha value is -3.36. The van der Waals surface area contributed by atoms with Gasteiger partial charge >= 0.3 is 0 Å². The molecule has 0 aliphatic carbocycles. The van der Waals surface area contributed by atoms with E-state index in [1.165, 1.54) is 12.1 Å². The molecule has 1 amide bonds. The van der Waals surface area contributed by atoms with Crippen LogP contribution in [0.25, 0.3) is 11.8 Å². The number of hydrogen-bond acceptors (Lipinski definition) is 2. The van der Waals surface area contributed by atoms with Crippen molar-refractivity contribution in [3.05, 3.63) is 87.5 Å². The highest BCUT2D eigenvalue weighted by Gasteiger charge is 2.16. The van der Waals surface area contributed by atoms with E-state index in [0.29, 0.717) is 10.7 Å². The maximum Gasteiger partial charge on any atom is 0.266 e. The molecule has 0 saturated heterocycles. The summed E-state index contributed by atoms with van der Waals surface area (Å²) in [6.07, 6.45) is 1.55. The Balaban J connectivity index is 1.96. The molecule has 0 unspecified atom stereocenters. The first-order chi connectivity index (χ1) is 13.8. The van der Waals surface area contributed by atoms with Gasteiger partial charge in [0.2, 0.25) is 0 Å². The normalized spacial score (nSPS) is 11.2. The van der Waals surface area contributed by atoms with Crippen molar-refractivity contribution in [2.45, 2.75) is 20.8 Å². The van der Waals surface area contributed by atoms with Crippen LogP contribution >= 0.6 is 11.6 Å². The van der Waals surface area contributed by atoms with E-state index in [-0.39, 0.29) is 11.4 Å². The van der Waals surface area contributed by atoms with Gasteiger partial charge in [-0.2, -0.15) is 5.26 Å². The lowest BCUT2D eigenvalue weighted by Crippen LogP contribution is -2.14. The Morgan fingerprint density at radius 1 is 1.17 bits per heavy atom. The Kier molecular flexibility index (Phi) is 5.86. The molecule has 0 spiro atoms. The number of para-hydroxylation sites is 1. The average molecular weight is 408 g/mol. The van der Waals surface area contributed by atoms with Crippen molar-refractivity contribution in [1.82, 2.24) is 4.57 Å². The number of anilines is 1. The number of carbonyl (C=O) groups excluding carboxylic acids is 1. The minimum Gasteiger partial charge on any atom is -0.320 e. The molecule has 4 nitrogen and oxygen atoms in total. The molecule has 146 valence electrons. The smallest absolute Gasteiger partial charge is 0.266 e. The van der Waals surface area contributed by atoms with Crippen molar-refractivity contribution in [3.8, 4) is 11.8 Å². The third-order valence-corrected chi connectivity index (χ3v) is 5.00. The van der Waals surface area contributed by atoms with Crippen molar-refractivity contribution < 1.29 is 9.18 Å². The maximum atomic E-state index is 13.2. The number of rotatable bonds is 4. The molecular weight excluding hydrogens is 389 g/mol. The SMILES string of the molecule is Cc1cccc(Cl)c1NC(=O)/C(C#N)=C/c1cc(C)n(-c2ccc(F)cc2)c1C. The minimum atomic E-state index is -0.532. The van der Waals surface area contributed by atoms with Crippen LogP contribution < -0.4 is 5.32 Å². The van der Waals surface area contributed by atoms with Gasteiger partial charge in [0, 0.05) is 17.1 Å². The van der Waals surface area contributed by atoms with Crippen LogP contribution in [0.1, 0.15) is 22.5 Å². The lowest BCUT2D eigenvalue weighted by atomic mass is 10.1. The van der Waals surface area contributed by atoms with E-state index >= 15 is 0 Å². The van der Waals surface area contributed by atoms with Crippen LogP contribution in [0.5, 0.6) is 0 Å². The van der Waals surface area contributed by atoms with E-state index in [4.69, 9.17) is 11.6 Å². The van der Waals surface area contributed by atoms with Crippen LogP contribution in [0.15, 0.2) is 54.1 Å². The number of carbonyl (C=O) groups is 1.